The molecular formula is C14H19ClN4O2. The molecule has 2 N–H and O–H groups in total. The fourth-order valence-electron chi connectivity index (χ4n) is 2.49. The summed E-state index contributed by atoms with van der Waals surface area (Å²) in [7, 11) is 3.50. The normalized spacial score (nSPS) is 15.9. The number of carbonyl (C=O) groups is 2. The summed E-state index contributed by atoms with van der Waals surface area (Å²) >= 11 is 5.81. The van der Waals surface area contributed by atoms with Crippen molar-refractivity contribution in [2.24, 2.45) is 5.92 Å². The molecule has 0 atom stereocenters. The van der Waals surface area contributed by atoms with Gasteiger partial charge in [0, 0.05) is 33.1 Å². The van der Waals surface area contributed by atoms with E-state index in [0.29, 0.717) is 37.2 Å². The number of rotatable bonds is 2. The van der Waals surface area contributed by atoms with Crippen molar-refractivity contribution < 1.29 is 9.59 Å². The highest BCUT2D eigenvalue weighted by Crippen LogP contribution is 2.23. The van der Waals surface area contributed by atoms with Crippen molar-refractivity contribution in [3.05, 3.63) is 23.0 Å². The topological polar surface area (TPSA) is 79.5 Å². The van der Waals surface area contributed by atoms with Crippen molar-refractivity contribution in [1.82, 2.24) is 14.8 Å². The summed E-state index contributed by atoms with van der Waals surface area (Å²) in [6.07, 6.45) is 2.72. The zero-order valence-electron chi connectivity index (χ0n) is 12.2. The van der Waals surface area contributed by atoms with E-state index in [1.54, 1.807) is 23.9 Å². The third-order valence-corrected chi connectivity index (χ3v) is 3.91. The molecule has 21 heavy (non-hydrogen) atoms. The highest BCUT2D eigenvalue weighted by molar-refractivity contribution is 6.29. The molecular weight excluding hydrogens is 292 g/mol. The molecule has 1 saturated heterocycles. The van der Waals surface area contributed by atoms with Crippen molar-refractivity contribution in [3.63, 3.8) is 0 Å². The van der Waals surface area contributed by atoms with Crippen LogP contribution in [0, 0.1) is 5.92 Å². The molecule has 0 radical (unpaired) electrons. The highest BCUT2D eigenvalue weighted by atomic mass is 35.5. The maximum absolute atomic E-state index is 12.4. The van der Waals surface area contributed by atoms with Crippen LogP contribution in [-0.4, -0.2) is 53.8 Å². The predicted octanol–water partition coefficient (Wildman–Crippen LogP) is 1.26. The number of hydrogen-bond acceptors (Lipinski definition) is 4. The van der Waals surface area contributed by atoms with Gasteiger partial charge in [-0.3, -0.25) is 9.59 Å². The first-order chi connectivity index (χ1) is 9.90. The Labute approximate surface area is 128 Å². The van der Waals surface area contributed by atoms with Gasteiger partial charge in [0.25, 0.3) is 5.91 Å². The molecule has 0 aromatic carbocycles. The minimum atomic E-state index is -0.160. The van der Waals surface area contributed by atoms with Gasteiger partial charge in [-0.15, -0.1) is 0 Å². The molecule has 2 rings (SSSR count). The second-order valence-electron chi connectivity index (χ2n) is 5.39. The third-order valence-electron chi connectivity index (χ3n) is 3.70. The van der Waals surface area contributed by atoms with Crippen LogP contribution in [-0.2, 0) is 4.79 Å². The van der Waals surface area contributed by atoms with E-state index in [2.05, 4.69) is 4.98 Å². The average Bonchev–Trinajstić information content (AvgIpc) is 2.48. The van der Waals surface area contributed by atoms with Crippen molar-refractivity contribution in [3.8, 4) is 0 Å². The lowest BCUT2D eigenvalue weighted by molar-refractivity contribution is -0.134. The molecule has 1 aromatic heterocycles. The molecule has 0 unspecified atom stereocenters. The zero-order chi connectivity index (χ0) is 15.6. The van der Waals surface area contributed by atoms with Crippen molar-refractivity contribution >= 4 is 29.1 Å². The summed E-state index contributed by atoms with van der Waals surface area (Å²) in [6, 6.07) is 1.48. The van der Waals surface area contributed by atoms with E-state index in [0.717, 1.165) is 0 Å². The number of nitrogens with two attached hydrogens (primary N) is 1. The number of anilines is 1. The number of aromatic nitrogens is 1. The van der Waals surface area contributed by atoms with E-state index in [4.69, 9.17) is 17.3 Å². The van der Waals surface area contributed by atoms with Crippen LogP contribution < -0.4 is 5.73 Å². The van der Waals surface area contributed by atoms with Crippen molar-refractivity contribution in [2.75, 3.05) is 32.9 Å². The molecule has 1 aromatic rings. The maximum Gasteiger partial charge on any atom is 0.256 e. The lowest BCUT2D eigenvalue weighted by Crippen LogP contribution is -2.42. The number of amides is 2. The summed E-state index contributed by atoms with van der Waals surface area (Å²) < 4.78 is 0. The SMILES string of the molecule is CN(C)C(=O)C1CCN(C(=O)c2cc(Cl)ncc2N)CC1. The Bertz CT molecular complexity index is 554. The van der Waals surface area contributed by atoms with E-state index < -0.39 is 0 Å². The molecule has 7 heteroatoms. The number of hydrogen-bond donors (Lipinski definition) is 1. The first-order valence-corrected chi connectivity index (χ1v) is 7.19. The summed E-state index contributed by atoms with van der Waals surface area (Å²) in [5, 5.41) is 0.241. The van der Waals surface area contributed by atoms with Crippen LogP contribution >= 0.6 is 11.6 Å². The summed E-state index contributed by atoms with van der Waals surface area (Å²) in [5.41, 5.74) is 6.47. The molecule has 6 nitrogen and oxygen atoms in total. The van der Waals surface area contributed by atoms with Crippen molar-refractivity contribution in [1.29, 1.82) is 0 Å². The molecule has 0 spiro atoms. The molecule has 114 valence electrons. The van der Waals surface area contributed by atoms with E-state index in [-0.39, 0.29) is 22.9 Å². The van der Waals surface area contributed by atoms with Crippen LogP contribution in [0.3, 0.4) is 0 Å². The second-order valence-corrected chi connectivity index (χ2v) is 5.78. The zero-order valence-corrected chi connectivity index (χ0v) is 12.9. The van der Waals surface area contributed by atoms with Gasteiger partial charge in [-0.1, -0.05) is 11.6 Å². The lowest BCUT2D eigenvalue weighted by Gasteiger charge is -2.32. The van der Waals surface area contributed by atoms with Gasteiger partial charge < -0.3 is 15.5 Å². The molecule has 0 bridgehead atoms. The monoisotopic (exact) mass is 310 g/mol. The van der Waals surface area contributed by atoms with Crippen molar-refractivity contribution in [2.45, 2.75) is 12.8 Å². The van der Waals surface area contributed by atoms with Gasteiger partial charge >= 0.3 is 0 Å². The van der Waals surface area contributed by atoms with Crippen LogP contribution in [0.2, 0.25) is 5.15 Å². The lowest BCUT2D eigenvalue weighted by atomic mass is 9.95. The smallest absolute Gasteiger partial charge is 0.256 e. The van der Waals surface area contributed by atoms with Gasteiger partial charge in [-0.25, -0.2) is 4.98 Å². The van der Waals surface area contributed by atoms with Gasteiger partial charge in [-0.2, -0.15) is 0 Å². The summed E-state index contributed by atoms with van der Waals surface area (Å²) in [5.74, 6) is -0.0523. The Balaban J connectivity index is 2.03. The van der Waals surface area contributed by atoms with Crippen LogP contribution in [0.4, 0.5) is 5.69 Å². The molecule has 0 aliphatic carbocycles. The number of halogens is 1. The first kappa shape index (κ1) is 15.6. The number of nitrogen functional groups attached to an aromatic ring is 1. The minimum absolute atomic E-state index is 0.0116. The van der Waals surface area contributed by atoms with Crippen LogP contribution in [0.15, 0.2) is 12.3 Å². The Morgan fingerprint density at radius 2 is 2.00 bits per heavy atom. The Morgan fingerprint density at radius 3 is 2.57 bits per heavy atom. The minimum Gasteiger partial charge on any atom is -0.397 e. The maximum atomic E-state index is 12.4. The van der Waals surface area contributed by atoms with Crippen LogP contribution in [0.1, 0.15) is 23.2 Å². The van der Waals surface area contributed by atoms with Crippen LogP contribution in [0.5, 0.6) is 0 Å². The summed E-state index contributed by atoms with van der Waals surface area (Å²) in [4.78, 5) is 31.5. The largest absolute Gasteiger partial charge is 0.397 e. The summed E-state index contributed by atoms with van der Waals surface area (Å²) in [6.45, 7) is 1.09. The Morgan fingerprint density at radius 1 is 1.38 bits per heavy atom. The van der Waals surface area contributed by atoms with Gasteiger partial charge in [0.1, 0.15) is 5.15 Å². The predicted molar refractivity (Wildman–Crippen MR) is 81.0 cm³/mol. The van der Waals surface area contributed by atoms with E-state index in [1.165, 1.54) is 12.3 Å². The Kier molecular flexibility index (Phi) is 4.67. The van der Waals surface area contributed by atoms with Gasteiger partial charge in [0.15, 0.2) is 0 Å². The Hall–Kier alpha value is -1.82. The molecule has 1 fully saturated rings. The molecule has 2 heterocycles. The standard InChI is InChI=1S/C14H19ClN4O2/c1-18(2)13(20)9-3-5-19(6-4-9)14(21)10-7-12(15)17-8-11(10)16/h7-9H,3-6,16H2,1-2H3. The second kappa shape index (κ2) is 6.30. The number of pyridine rings is 1. The van der Waals surface area contributed by atoms with Gasteiger partial charge in [0.05, 0.1) is 17.4 Å². The molecule has 1 aliphatic heterocycles. The number of likely N-dealkylation sites (tertiary alicyclic amines) is 1. The van der Waals surface area contributed by atoms with Gasteiger partial charge in [0.2, 0.25) is 5.91 Å². The number of piperidine rings is 1. The quantitative estimate of drug-likeness (QED) is 0.834. The van der Waals surface area contributed by atoms with Gasteiger partial charge in [-0.05, 0) is 18.9 Å². The van der Waals surface area contributed by atoms with E-state index in [1.807, 2.05) is 0 Å². The first-order valence-electron chi connectivity index (χ1n) is 6.81. The third kappa shape index (κ3) is 3.44. The van der Waals surface area contributed by atoms with E-state index >= 15 is 0 Å². The number of carbonyl (C=O) groups excluding carboxylic acids is 2. The highest BCUT2D eigenvalue weighted by Gasteiger charge is 2.29. The molecule has 0 saturated carbocycles. The fourth-order valence-corrected chi connectivity index (χ4v) is 2.65. The van der Waals surface area contributed by atoms with Crippen LogP contribution in [0.25, 0.3) is 0 Å². The average molecular weight is 311 g/mol. The molecule has 1 aliphatic rings. The van der Waals surface area contributed by atoms with E-state index in [9.17, 15) is 9.59 Å². The number of nitrogens with zero attached hydrogens (tertiary/aromatic N) is 3. The molecule has 2 amide bonds. The fraction of sp³-hybridized carbons (Fsp3) is 0.500.